The number of benzene rings is 1. The molecule has 0 radical (unpaired) electrons. The van der Waals surface area contributed by atoms with Gasteiger partial charge in [-0.2, -0.15) is 13.2 Å². The third-order valence-corrected chi connectivity index (χ3v) is 6.53. The predicted molar refractivity (Wildman–Crippen MR) is 139 cm³/mol. The molecule has 0 aliphatic carbocycles. The Balaban J connectivity index is 1.90. The molecule has 0 bridgehead atoms. The first-order valence-corrected chi connectivity index (χ1v) is 12.4. The van der Waals surface area contributed by atoms with Crippen LogP contribution in [0, 0.1) is 11.7 Å². The van der Waals surface area contributed by atoms with Crippen molar-refractivity contribution in [3.05, 3.63) is 64.9 Å². The highest BCUT2D eigenvalue weighted by atomic mass is 19.4. The molecule has 0 aromatic heterocycles. The van der Waals surface area contributed by atoms with Crippen LogP contribution in [0.3, 0.4) is 0 Å². The number of nitrogens with two attached hydrogens (primary N) is 1. The SMILES string of the molecule is CN=CC(=C(N)C(=O)N1CC(F)(F)C[C@@H](C)C1CNC1=CCCC/C=C(\C(F)(F)F)C=N1)c1cccc(F)c1. The van der Waals surface area contributed by atoms with Crippen molar-refractivity contribution in [3.8, 4) is 0 Å². The average Bonchev–Trinajstić information content (AvgIpc) is 2.97. The Morgan fingerprint density at radius 2 is 2.00 bits per heavy atom. The topological polar surface area (TPSA) is 83.1 Å². The molecule has 3 rings (SSSR count). The third kappa shape index (κ3) is 7.96. The van der Waals surface area contributed by atoms with E-state index < -0.39 is 54.3 Å². The first-order chi connectivity index (χ1) is 18.3. The number of likely N-dealkylation sites (tertiary alicyclic amines) is 1. The maximum Gasteiger partial charge on any atom is 0.417 e. The molecule has 0 spiro atoms. The summed E-state index contributed by atoms with van der Waals surface area (Å²) in [6, 6.07) is 4.50. The number of carbonyl (C=O) groups excluding carboxylic acids is 1. The zero-order chi connectivity index (χ0) is 28.8. The van der Waals surface area contributed by atoms with Gasteiger partial charge in [0.05, 0.1) is 18.2 Å². The Hall–Kier alpha value is -3.57. The molecule has 6 nitrogen and oxygen atoms in total. The molecule has 3 N–H and O–H groups in total. The lowest BCUT2D eigenvalue weighted by molar-refractivity contribution is -0.148. The molecule has 2 aliphatic heterocycles. The van der Waals surface area contributed by atoms with Crippen molar-refractivity contribution < 1.29 is 31.1 Å². The van der Waals surface area contributed by atoms with Crippen molar-refractivity contribution in [2.75, 3.05) is 20.1 Å². The summed E-state index contributed by atoms with van der Waals surface area (Å²) in [5.41, 5.74) is 5.23. The number of amides is 1. The minimum Gasteiger partial charge on any atom is -0.394 e. The van der Waals surface area contributed by atoms with Gasteiger partial charge in [-0.3, -0.25) is 9.79 Å². The predicted octanol–water partition coefficient (Wildman–Crippen LogP) is 5.24. The maximum atomic E-state index is 14.6. The van der Waals surface area contributed by atoms with Gasteiger partial charge in [0.15, 0.2) is 0 Å². The van der Waals surface area contributed by atoms with Crippen molar-refractivity contribution in [1.82, 2.24) is 10.2 Å². The van der Waals surface area contributed by atoms with Crippen LogP contribution in [-0.4, -0.2) is 61.5 Å². The van der Waals surface area contributed by atoms with Gasteiger partial charge >= 0.3 is 6.18 Å². The number of hydrogen-bond donors (Lipinski definition) is 2. The van der Waals surface area contributed by atoms with Crippen molar-refractivity contribution >= 4 is 23.9 Å². The molecule has 2 aliphatic rings. The minimum absolute atomic E-state index is 0.0539. The highest BCUT2D eigenvalue weighted by Crippen LogP contribution is 2.35. The van der Waals surface area contributed by atoms with Gasteiger partial charge in [-0.05, 0) is 49.0 Å². The van der Waals surface area contributed by atoms with Crippen LogP contribution in [0.2, 0.25) is 0 Å². The van der Waals surface area contributed by atoms with E-state index >= 15 is 0 Å². The zero-order valence-electron chi connectivity index (χ0n) is 21.6. The lowest BCUT2D eigenvalue weighted by Gasteiger charge is -2.43. The van der Waals surface area contributed by atoms with Crippen molar-refractivity contribution in [2.24, 2.45) is 21.6 Å². The summed E-state index contributed by atoms with van der Waals surface area (Å²) in [6.45, 7) is 0.597. The fourth-order valence-corrected chi connectivity index (χ4v) is 4.61. The van der Waals surface area contributed by atoms with E-state index in [0.29, 0.717) is 12.8 Å². The number of rotatable bonds is 6. The van der Waals surface area contributed by atoms with Crippen LogP contribution in [0.1, 0.15) is 38.2 Å². The molecule has 212 valence electrons. The van der Waals surface area contributed by atoms with Gasteiger partial charge in [0.25, 0.3) is 11.8 Å². The van der Waals surface area contributed by atoms with Crippen LogP contribution in [0.25, 0.3) is 5.57 Å². The van der Waals surface area contributed by atoms with E-state index in [1.165, 1.54) is 31.5 Å². The monoisotopic (exact) mass is 555 g/mol. The molecule has 39 heavy (non-hydrogen) atoms. The van der Waals surface area contributed by atoms with Gasteiger partial charge in [0, 0.05) is 38.0 Å². The smallest absolute Gasteiger partial charge is 0.394 e. The van der Waals surface area contributed by atoms with E-state index in [4.69, 9.17) is 5.73 Å². The fourth-order valence-electron chi connectivity index (χ4n) is 4.61. The van der Waals surface area contributed by atoms with E-state index in [0.717, 1.165) is 23.3 Å². The molecule has 1 unspecified atom stereocenters. The third-order valence-electron chi connectivity index (χ3n) is 6.53. The number of nitrogens with zero attached hydrogens (tertiary/aromatic N) is 3. The number of aliphatic imine (C=N–C) groups is 2. The van der Waals surface area contributed by atoms with Crippen LogP contribution in [0.4, 0.5) is 26.3 Å². The summed E-state index contributed by atoms with van der Waals surface area (Å²) in [5, 5.41) is 2.93. The maximum absolute atomic E-state index is 14.6. The van der Waals surface area contributed by atoms with Crippen molar-refractivity contribution in [1.29, 1.82) is 0 Å². The van der Waals surface area contributed by atoms with Crippen LogP contribution in [-0.2, 0) is 4.79 Å². The number of halogens is 6. The molecule has 1 amide bonds. The fraction of sp³-hybridized carbons (Fsp3) is 0.444. The lowest BCUT2D eigenvalue weighted by Crippen LogP contribution is -2.59. The van der Waals surface area contributed by atoms with Gasteiger partial charge in [0.2, 0.25) is 0 Å². The van der Waals surface area contributed by atoms with Gasteiger partial charge in [-0.25, -0.2) is 18.2 Å². The second kappa shape index (κ2) is 12.5. The Morgan fingerprint density at radius 3 is 2.67 bits per heavy atom. The molecule has 2 heterocycles. The summed E-state index contributed by atoms with van der Waals surface area (Å²) in [7, 11) is 1.42. The largest absolute Gasteiger partial charge is 0.417 e. The average molecular weight is 556 g/mol. The van der Waals surface area contributed by atoms with E-state index in [1.54, 1.807) is 13.0 Å². The molecule has 1 fully saturated rings. The van der Waals surface area contributed by atoms with E-state index in [1.807, 2.05) is 0 Å². The molecular formula is C27H31F6N5O. The minimum atomic E-state index is -4.56. The second-order valence-electron chi connectivity index (χ2n) is 9.58. The summed E-state index contributed by atoms with van der Waals surface area (Å²) in [6.07, 6.45) is 0.773. The van der Waals surface area contributed by atoms with Crippen molar-refractivity contribution in [2.45, 2.75) is 50.7 Å². The van der Waals surface area contributed by atoms with Gasteiger partial charge in [-0.1, -0.05) is 25.1 Å². The highest BCUT2D eigenvalue weighted by Gasteiger charge is 2.46. The lowest BCUT2D eigenvalue weighted by atomic mass is 9.88. The van der Waals surface area contributed by atoms with Gasteiger partial charge in [-0.15, -0.1) is 0 Å². The van der Waals surface area contributed by atoms with Gasteiger partial charge in [0.1, 0.15) is 17.3 Å². The van der Waals surface area contributed by atoms with Gasteiger partial charge < -0.3 is 16.0 Å². The number of piperidine rings is 1. The molecule has 1 aromatic rings. The molecular weight excluding hydrogens is 524 g/mol. The standard InChI is InChI=1S/C27H31F6N5O/c1-17-12-26(29,30)16-38(25(39)24(34)21(14-35-2)18-7-6-9-20(28)11-18)22(17)15-37-23-10-5-3-4-8-19(13-36-23)27(31,32)33/h6-11,13-14,17,22,37H,3-5,12,15-16,34H2,1-2H3/b19-8-,23-10?,24-21?,35-14?,36-13?/t17-,22?/m1/s1. The highest BCUT2D eigenvalue weighted by molar-refractivity contribution is 6.18. The Labute approximate surface area is 223 Å². The summed E-state index contributed by atoms with van der Waals surface area (Å²) >= 11 is 0. The number of nitrogens with one attached hydrogen (secondary N) is 1. The van der Waals surface area contributed by atoms with Crippen LogP contribution < -0.4 is 11.1 Å². The number of alkyl halides is 5. The normalized spacial score (nSPS) is 24.2. The number of allylic oxidation sites excluding steroid dienone is 4. The van der Waals surface area contributed by atoms with Crippen LogP contribution in [0.15, 0.2) is 63.5 Å². The van der Waals surface area contributed by atoms with E-state index in [-0.39, 0.29) is 35.6 Å². The Morgan fingerprint density at radius 1 is 1.28 bits per heavy atom. The zero-order valence-corrected chi connectivity index (χ0v) is 21.6. The first kappa shape index (κ1) is 30.0. The molecule has 0 saturated carbocycles. The summed E-state index contributed by atoms with van der Waals surface area (Å²) in [5.74, 6) is -5.21. The van der Waals surface area contributed by atoms with E-state index in [2.05, 4.69) is 15.3 Å². The molecule has 1 saturated heterocycles. The second-order valence-corrected chi connectivity index (χ2v) is 9.58. The Kier molecular flexibility index (Phi) is 9.63. The van der Waals surface area contributed by atoms with Crippen LogP contribution >= 0.6 is 0 Å². The van der Waals surface area contributed by atoms with E-state index in [9.17, 15) is 31.1 Å². The number of hydrogen-bond acceptors (Lipinski definition) is 5. The molecule has 2 atom stereocenters. The quantitative estimate of drug-likeness (QED) is 0.286. The molecule has 1 aromatic carbocycles. The van der Waals surface area contributed by atoms with Crippen LogP contribution in [0.5, 0.6) is 0 Å². The molecule has 12 heteroatoms. The number of carbonyl (C=O) groups is 1. The summed E-state index contributed by atoms with van der Waals surface area (Å²) in [4.78, 5) is 22.3. The Bertz CT molecular complexity index is 1200. The summed E-state index contributed by atoms with van der Waals surface area (Å²) < 4.78 is 82.8. The first-order valence-electron chi connectivity index (χ1n) is 12.4. The van der Waals surface area contributed by atoms with Crippen molar-refractivity contribution in [3.63, 3.8) is 0 Å².